The molecule has 11 nitrogen and oxygen atoms in total. The maximum absolute atomic E-state index is 9.75. The highest BCUT2D eigenvalue weighted by molar-refractivity contribution is 7.10. The molecule has 1 unspecified atom stereocenters. The lowest BCUT2D eigenvalue weighted by atomic mass is 10.0. The van der Waals surface area contributed by atoms with Gasteiger partial charge in [0.1, 0.15) is 10.8 Å². The van der Waals surface area contributed by atoms with Gasteiger partial charge in [0.2, 0.25) is 6.41 Å². The van der Waals surface area contributed by atoms with E-state index in [2.05, 4.69) is 54.3 Å². The number of fused-ring (bicyclic) bond motifs is 1. The van der Waals surface area contributed by atoms with E-state index in [1.165, 1.54) is 24.4 Å². The van der Waals surface area contributed by atoms with E-state index in [1.807, 2.05) is 36.4 Å². The Morgan fingerprint density at radius 3 is 2.92 bits per heavy atom. The average Bonchev–Trinajstić information content (AvgIpc) is 3.75. The maximum Gasteiger partial charge on any atom is 0.207 e. The fourth-order valence-electron chi connectivity index (χ4n) is 4.85. The Kier molecular flexibility index (Phi) is 8.87. The lowest BCUT2D eigenvalue weighted by Gasteiger charge is -2.30. The van der Waals surface area contributed by atoms with Gasteiger partial charge in [-0.2, -0.15) is 9.47 Å². The Hall–Kier alpha value is -4.03. The Morgan fingerprint density at radius 1 is 1.27 bits per heavy atom. The van der Waals surface area contributed by atoms with Crippen LogP contribution in [0.15, 0.2) is 53.7 Å². The number of aromatic nitrogens is 6. The zero-order chi connectivity index (χ0) is 27.9. The van der Waals surface area contributed by atoms with Crippen LogP contribution in [0.4, 0.5) is 10.8 Å². The van der Waals surface area contributed by atoms with E-state index in [0.717, 1.165) is 77.0 Å². The van der Waals surface area contributed by atoms with E-state index in [4.69, 9.17) is 9.40 Å². The Morgan fingerprint density at radius 2 is 2.17 bits per heavy atom. The van der Waals surface area contributed by atoms with E-state index >= 15 is 0 Å². The number of piperidine rings is 1. The van der Waals surface area contributed by atoms with Gasteiger partial charge in [-0.25, -0.2) is 9.97 Å². The van der Waals surface area contributed by atoms with E-state index < -0.39 is 0 Å². The third-order valence-electron chi connectivity index (χ3n) is 6.73. The van der Waals surface area contributed by atoms with Crippen molar-refractivity contribution in [1.82, 2.24) is 38.7 Å². The molecule has 0 aliphatic carbocycles. The Bertz CT molecular complexity index is 1520. The van der Waals surface area contributed by atoms with Crippen molar-refractivity contribution in [1.29, 1.82) is 0 Å². The maximum atomic E-state index is 9.75. The molecule has 210 valence electrons. The van der Waals surface area contributed by atoms with Crippen LogP contribution in [0.3, 0.4) is 0 Å². The molecule has 1 saturated heterocycles. The van der Waals surface area contributed by atoms with Crippen molar-refractivity contribution in [3.8, 4) is 11.3 Å². The van der Waals surface area contributed by atoms with Gasteiger partial charge in [0.05, 0.1) is 42.3 Å². The van der Waals surface area contributed by atoms with E-state index in [-0.39, 0.29) is 0 Å². The van der Waals surface area contributed by atoms with Crippen LogP contribution < -0.4 is 10.6 Å². The van der Waals surface area contributed by atoms with Crippen LogP contribution in [0.25, 0.3) is 16.9 Å². The minimum Gasteiger partial charge on any atom is -0.467 e. The number of anilines is 2. The highest BCUT2D eigenvalue weighted by Crippen LogP contribution is 2.28. The number of aryl methyl sites for hydroxylation is 2. The third-order valence-corrected chi connectivity index (χ3v) is 7.48. The number of imidazole rings is 1. The van der Waals surface area contributed by atoms with Crippen molar-refractivity contribution in [3.05, 3.63) is 66.4 Å². The second-order valence-electron chi connectivity index (χ2n) is 10.0. The molecule has 0 saturated carbocycles. The van der Waals surface area contributed by atoms with Gasteiger partial charge in [0.25, 0.3) is 0 Å². The van der Waals surface area contributed by atoms with Gasteiger partial charge in [0, 0.05) is 37.6 Å². The summed E-state index contributed by atoms with van der Waals surface area (Å²) in [5.41, 5.74) is 4.88. The summed E-state index contributed by atoms with van der Waals surface area (Å²) in [4.78, 5) is 21.6. The molecule has 5 aromatic heterocycles. The monoisotopic (exact) mass is 561 g/mol. The summed E-state index contributed by atoms with van der Waals surface area (Å²) in [6.45, 7) is 11.0. The van der Waals surface area contributed by atoms with Crippen molar-refractivity contribution < 1.29 is 9.21 Å². The van der Waals surface area contributed by atoms with Crippen molar-refractivity contribution in [2.45, 2.75) is 53.2 Å². The molecule has 5 aromatic rings. The molecule has 6 heterocycles. The molecule has 6 rings (SSSR count). The summed E-state index contributed by atoms with van der Waals surface area (Å²) in [5.74, 6) is 2.28. The first-order valence-corrected chi connectivity index (χ1v) is 14.3. The summed E-state index contributed by atoms with van der Waals surface area (Å²) in [7, 11) is 0. The van der Waals surface area contributed by atoms with Crippen LogP contribution in [0.1, 0.15) is 43.8 Å². The molecule has 1 aliphatic heterocycles. The average molecular weight is 562 g/mol. The molecule has 0 spiro atoms. The molecule has 1 atom stereocenters. The Labute approximate surface area is 237 Å². The standard InChI is InChI=1S/C22H28N8S.C6H7NO2/c1-4-29-13-17(9-24-29)19-10-23-22-21(25-16(3)12-30(19)22)26-20-8-18(27-31-20)14-28-7-5-6-15(2)11-28;8-5-7-4-6-2-1-3-9-6/h8-10,12-13,15H,4-7,11,14H2,1-3H3,(H,25,26);1-3,5H,4H2,(H,7,8). The van der Waals surface area contributed by atoms with Gasteiger partial charge < -0.3 is 15.1 Å². The minimum atomic E-state index is 0.469. The number of amides is 1. The van der Waals surface area contributed by atoms with Gasteiger partial charge in [-0.05, 0) is 68.9 Å². The van der Waals surface area contributed by atoms with E-state index in [0.29, 0.717) is 13.0 Å². The number of nitrogens with zero attached hydrogens (tertiary/aromatic N) is 7. The molecule has 1 aliphatic rings. The fraction of sp³-hybridized carbons (Fsp3) is 0.393. The van der Waals surface area contributed by atoms with E-state index in [1.54, 1.807) is 18.4 Å². The molecule has 40 heavy (non-hydrogen) atoms. The number of nitrogens with one attached hydrogen (secondary N) is 2. The number of carbonyl (C=O) groups excluding carboxylic acids is 1. The van der Waals surface area contributed by atoms with Crippen LogP contribution in [-0.2, 0) is 24.4 Å². The lowest BCUT2D eigenvalue weighted by molar-refractivity contribution is -0.109. The summed E-state index contributed by atoms with van der Waals surface area (Å²) in [6.07, 6.45) is 12.7. The predicted molar refractivity (Wildman–Crippen MR) is 155 cm³/mol. The first kappa shape index (κ1) is 27.5. The zero-order valence-electron chi connectivity index (χ0n) is 23.1. The number of likely N-dealkylation sites (tertiary alicyclic amines) is 1. The van der Waals surface area contributed by atoms with Crippen LogP contribution in [0, 0.1) is 12.8 Å². The second kappa shape index (κ2) is 12.9. The minimum absolute atomic E-state index is 0.469. The highest BCUT2D eigenvalue weighted by atomic mass is 32.1. The van der Waals surface area contributed by atoms with Crippen LogP contribution >= 0.6 is 11.5 Å². The summed E-state index contributed by atoms with van der Waals surface area (Å²) < 4.78 is 13.6. The number of hydrogen-bond donors (Lipinski definition) is 2. The van der Waals surface area contributed by atoms with Crippen molar-refractivity contribution in [2.75, 3.05) is 18.4 Å². The fourth-order valence-corrected chi connectivity index (χ4v) is 5.51. The molecular weight excluding hydrogens is 526 g/mol. The molecule has 1 amide bonds. The lowest BCUT2D eigenvalue weighted by Crippen LogP contribution is -2.33. The SMILES string of the molecule is CCn1cc(-c2cnc3c(Nc4cc(CN5CCCC(C)C5)ns4)nc(C)cn23)cn1.O=CNCc1ccco1. The zero-order valence-corrected chi connectivity index (χ0v) is 23.9. The topological polar surface area (TPSA) is 118 Å². The smallest absolute Gasteiger partial charge is 0.207 e. The number of carbonyl (C=O) groups is 1. The summed E-state index contributed by atoms with van der Waals surface area (Å²) >= 11 is 1.48. The summed E-state index contributed by atoms with van der Waals surface area (Å²) in [5, 5.41) is 11.3. The second-order valence-corrected chi connectivity index (χ2v) is 10.8. The third kappa shape index (κ3) is 6.75. The van der Waals surface area contributed by atoms with E-state index in [9.17, 15) is 4.79 Å². The predicted octanol–water partition coefficient (Wildman–Crippen LogP) is 4.88. The van der Waals surface area contributed by atoms with Crippen LogP contribution in [-0.4, -0.2) is 52.9 Å². The normalized spacial score (nSPS) is 15.5. The number of hydrogen-bond acceptors (Lipinski definition) is 9. The largest absolute Gasteiger partial charge is 0.467 e. The highest BCUT2D eigenvalue weighted by Gasteiger charge is 2.18. The van der Waals surface area contributed by atoms with Crippen molar-refractivity contribution in [2.24, 2.45) is 5.92 Å². The van der Waals surface area contributed by atoms with Crippen LogP contribution in [0.2, 0.25) is 0 Å². The van der Waals surface area contributed by atoms with Crippen LogP contribution in [0.5, 0.6) is 0 Å². The Balaban J connectivity index is 0.000000306. The molecule has 12 heteroatoms. The molecule has 2 N–H and O–H groups in total. The first-order valence-electron chi connectivity index (χ1n) is 13.5. The van der Waals surface area contributed by atoms with Gasteiger partial charge in [-0.15, -0.1) is 0 Å². The quantitative estimate of drug-likeness (QED) is 0.245. The van der Waals surface area contributed by atoms with Gasteiger partial charge >= 0.3 is 0 Å². The summed E-state index contributed by atoms with van der Waals surface area (Å²) in [6, 6.07) is 5.72. The van der Waals surface area contributed by atoms with Gasteiger partial charge in [0.15, 0.2) is 11.5 Å². The van der Waals surface area contributed by atoms with Gasteiger partial charge in [-0.1, -0.05) is 6.92 Å². The number of furan rings is 1. The first-order chi connectivity index (χ1) is 19.5. The van der Waals surface area contributed by atoms with Gasteiger partial charge in [-0.3, -0.25) is 18.8 Å². The number of rotatable bonds is 9. The molecule has 0 aromatic carbocycles. The molecular formula is C28H35N9O2S. The molecule has 0 bridgehead atoms. The van der Waals surface area contributed by atoms with Crippen molar-refractivity contribution in [3.63, 3.8) is 0 Å². The molecule has 0 radical (unpaired) electrons. The van der Waals surface area contributed by atoms with Crippen molar-refractivity contribution >= 4 is 34.4 Å². The molecule has 1 fully saturated rings.